The lowest BCUT2D eigenvalue weighted by Gasteiger charge is -2.12. The molecule has 0 unspecified atom stereocenters. The van der Waals surface area contributed by atoms with Gasteiger partial charge in [-0.05, 0) is 30.7 Å². The van der Waals surface area contributed by atoms with Crippen molar-refractivity contribution in [1.82, 2.24) is 0 Å². The second-order valence-corrected chi connectivity index (χ2v) is 4.99. The molecule has 1 atom stereocenters. The average Bonchev–Trinajstić information content (AvgIpc) is 2.25. The minimum absolute atomic E-state index is 0.222. The molecule has 0 heterocycles. The average molecular weight is 242 g/mol. The Bertz CT molecular complexity index is 326. The van der Waals surface area contributed by atoms with Crippen molar-refractivity contribution in [3.05, 3.63) is 29.6 Å². The van der Waals surface area contributed by atoms with Crippen molar-refractivity contribution in [3.8, 4) is 0 Å². The molecule has 1 aromatic rings. The summed E-state index contributed by atoms with van der Waals surface area (Å²) in [4.78, 5) is 0.605. The van der Waals surface area contributed by atoms with Crippen LogP contribution in [-0.2, 0) is 0 Å². The molecule has 90 valence electrons. The molecule has 16 heavy (non-hydrogen) atoms. The summed E-state index contributed by atoms with van der Waals surface area (Å²) in [7, 11) is 0. The topological polar surface area (TPSA) is 20.2 Å². The summed E-state index contributed by atoms with van der Waals surface area (Å²) in [5.74, 6) is 0.689. The van der Waals surface area contributed by atoms with Crippen LogP contribution in [0.1, 0.15) is 44.8 Å². The van der Waals surface area contributed by atoms with Crippen LogP contribution in [-0.4, -0.2) is 10.9 Å². The van der Waals surface area contributed by atoms with Gasteiger partial charge in [-0.15, -0.1) is 11.8 Å². The lowest BCUT2D eigenvalue weighted by atomic mass is 10.1. The van der Waals surface area contributed by atoms with Gasteiger partial charge in [0.2, 0.25) is 0 Å². The van der Waals surface area contributed by atoms with Gasteiger partial charge in [-0.1, -0.05) is 31.9 Å². The van der Waals surface area contributed by atoms with Gasteiger partial charge in [-0.25, -0.2) is 4.39 Å². The van der Waals surface area contributed by atoms with Crippen LogP contribution < -0.4 is 0 Å². The van der Waals surface area contributed by atoms with Crippen molar-refractivity contribution in [2.75, 3.05) is 5.75 Å². The van der Waals surface area contributed by atoms with E-state index < -0.39 is 6.10 Å². The zero-order valence-electron chi connectivity index (χ0n) is 9.87. The predicted molar refractivity (Wildman–Crippen MR) is 67.3 cm³/mol. The highest BCUT2D eigenvalue weighted by Crippen LogP contribution is 2.30. The molecule has 0 aliphatic heterocycles. The molecular weight excluding hydrogens is 223 g/mol. The molecule has 3 heteroatoms. The Morgan fingerprint density at radius 3 is 2.75 bits per heavy atom. The second kappa shape index (κ2) is 6.92. The summed E-state index contributed by atoms with van der Waals surface area (Å²) < 4.78 is 13.6. The van der Waals surface area contributed by atoms with Gasteiger partial charge in [-0.3, -0.25) is 0 Å². The van der Waals surface area contributed by atoms with Crippen LogP contribution in [0.5, 0.6) is 0 Å². The Morgan fingerprint density at radius 2 is 2.12 bits per heavy atom. The Morgan fingerprint density at radius 1 is 1.38 bits per heavy atom. The van der Waals surface area contributed by atoms with E-state index in [9.17, 15) is 9.50 Å². The minimum atomic E-state index is -0.607. The highest BCUT2D eigenvalue weighted by molar-refractivity contribution is 7.99. The third-order valence-electron chi connectivity index (χ3n) is 2.44. The monoisotopic (exact) mass is 242 g/mol. The predicted octanol–water partition coefficient (Wildman–Crippen LogP) is 4.16. The lowest BCUT2D eigenvalue weighted by molar-refractivity contribution is 0.195. The number of aliphatic hydroxyl groups is 1. The lowest BCUT2D eigenvalue weighted by Crippen LogP contribution is -1.97. The van der Waals surface area contributed by atoms with Crippen molar-refractivity contribution in [1.29, 1.82) is 0 Å². The molecular formula is C13H19FOS. The molecule has 0 saturated heterocycles. The molecule has 0 amide bonds. The highest BCUT2D eigenvalue weighted by atomic mass is 32.2. The van der Waals surface area contributed by atoms with Crippen LogP contribution >= 0.6 is 11.8 Å². The van der Waals surface area contributed by atoms with Gasteiger partial charge in [0.25, 0.3) is 0 Å². The van der Waals surface area contributed by atoms with E-state index in [0.717, 1.165) is 12.2 Å². The summed E-state index contributed by atoms with van der Waals surface area (Å²) in [6.07, 6.45) is 2.82. The quantitative estimate of drug-likeness (QED) is 0.597. The number of hydrogen-bond donors (Lipinski definition) is 1. The van der Waals surface area contributed by atoms with Crippen molar-refractivity contribution in [2.24, 2.45) is 0 Å². The molecule has 0 bridgehead atoms. The first-order valence-electron chi connectivity index (χ1n) is 5.76. The van der Waals surface area contributed by atoms with E-state index >= 15 is 0 Å². The van der Waals surface area contributed by atoms with E-state index in [1.54, 1.807) is 19.1 Å². The molecule has 1 nitrogen and oxygen atoms in total. The fourth-order valence-electron chi connectivity index (χ4n) is 1.53. The van der Waals surface area contributed by atoms with Crippen LogP contribution in [0.15, 0.2) is 23.1 Å². The number of aliphatic hydroxyl groups excluding tert-OH is 1. The van der Waals surface area contributed by atoms with Crippen molar-refractivity contribution in [3.63, 3.8) is 0 Å². The van der Waals surface area contributed by atoms with Crippen LogP contribution in [0.2, 0.25) is 0 Å². The molecule has 0 aromatic heterocycles. The molecule has 1 rings (SSSR count). The van der Waals surface area contributed by atoms with Gasteiger partial charge in [0, 0.05) is 4.90 Å². The number of halogens is 1. The smallest absolute Gasteiger partial charge is 0.137 e. The number of unbranched alkanes of at least 4 members (excludes halogenated alkanes) is 2. The summed E-state index contributed by atoms with van der Waals surface area (Å²) >= 11 is 1.51. The van der Waals surface area contributed by atoms with Crippen LogP contribution in [0, 0.1) is 5.82 Å². The highest BCUT2D eigenvalue weighted by Gasteiger charge is 2.12. The second-order valence-electron chi connectivity index (χ2n) is 3.89. The molecule has 0 radical (unpaired) electrons. The first-order chi connectivity index (χ1) is 7.66. The molecule has 1 aromatic carbocycles. The normalized spacial score (nSPS) is 12.8. The fourth-order valence-corrected chi connectivity index (χ4v) is 2.70. The fraction of sp³-hybridized carbons (Fsp3) is 0.538. The van der Waals surface area contributed by atoms with E-state index in [2.05, 4.69) is 6.92 Å². The number of rotatable bonds is 6. The molecule has 0 aliphatic rings. The van der Waals surface area contributed by atoms with E-state index in [1.807, 2.05) is 0 Å². The van der Waals surface area contributed by atoms with Crippen LogP contribution in [0.25, 0.3) is 0 Å². The van der Waals surface area contributed by atoms with Crippen LogP contribution in [0.4, 0.5) is 4.39 Å². The van der Waals surface area contributed by atoms with Crippen LogP contribution in [0.3, 0.4) is 0 Å². The van der Waals surface area contributed by atoms with Gasteiger partial charge >= 0.3 is 0 Å². The molecule has 0 aliphatic carbocycles. The third kappa shape index (κ3) is 3.80. The SMILES string of the molecule is CCCCCSc1c(F)cccc1[C@H](C)O. The van der Waals surface area contributed by atoms with Gasteiger partial charge in [-0.2, -0.15) is 0 Å². The van der Waals surface area contributed by atoms with E-state index in [-0.39, 0.29) is 5.82 Å². The van der Waals surface area contributed by atoms with Gasteiger partial charge in [0.05, 0.1) is 6.10 Å². The molecule has 1 N–H and O–H groups in total. The first kappa shape index (κ1) is 13.5. The Kier molecular flexibility index (Phi) is 5.85. The summed E-state index contributed by atoms with van der Waals surface area (Å²) in [5, 5.41) is 9.55. The Labute approximate surface area is 101 Å². The molecule has 0 fully saturated rings. The minimum Gasteiger partial charge on any atom is -0.389 e. The van der Waals surface area contributed by atoms with E-state index in [4.69, 9.17) is 0 Å². The zero-order valence-corrected chi connectivity index (χ0v) is 10.7. The maximum Gasteiger partial charge on any atom is 0.137 e. The summed E-state index contributed by atoms with van der Waals surface area (Å²) in [5.41, 5.74) is 0.696. The maximum absolute atomic E-state index is 13.6. The largest absolute Gasteiger partial charge is 0.389 e. The van der Waals surface area contributed by atoms with Gasteiger partial charge in [0.15, 0.2) is 0 Å². The van der Waals surface area contributed by atoms with Crippen molar-refractivity contribution in [2.45, 2.75) is 44.1 Å². The maximum atomic E-state index is 13.6. The van der Waals surface area contributed by atoms with Gasteiger partial charge < -0.3 is 5.11 Å². The Balaban J connectivity index is 2.69. The van der Waals surface area contributed by atoms with Crippen molar-refractivity contribution < 1.29 is 9.50 Å². The van der Waals surface area contributed by atoms with E-state index in [0.29, 0.717) is 10.5 Å². The first-order valence-corrected chi connectivity index (χ1v) is 6.74. The van der Waals surface area contributed by atoms with E-state index in [1.165, 1.54) is 30.7 Å². The zero-order chi connectivity index (χ0) is 12.0. The van der Waals surface area contributed by atoms with Crippen molar-refractivity contribution >= 4 is 11.8 Å². The molecule has 0 saturated carbocycles. The van der Waals surface area contributed by atoms with Gasteiger partial charge in [0.1, 0.15) is 5.82 Å². The number of benzene rings is 1. The summed E-state index contributed by atoms with van der Waals surface area (Å²) in [6.45, 7) is 3.82. The molecule has 0 spiro atoms. The third-order valence-corrected chi connectivity index (χ3v) is 3.65. The summed E-state index contributed by atoms with van der Waals surface area (Å²) in [6, 6.07) is 4.89. The Hall–Kier alpha value is -0.540. The number of thioether (sulfide) groups is 1. The standard InChI is InChI=1S/C13H19FOS/c1-3-4-5-9-16-13-11(10(2)15)7-6-8-12(13)14/h6-8,10,15H,3-5,9H2,1-2H3/t10-/m0/s1. The number of hydrogen-bond acceptors (Lipinski definition) is 2.